The van der Waals surface area contributed by atoms with Crippen molar-refractivity contribution in [3.05, 3.63) is 83.4 Å². The van der Waals surface area contributed by atoms with E-state index in [1.165, 1.54) is 0 Å². The second-order valence-electron chi connectivity index (χ2n) is 7.22. The van der Waals surface area contributed by atoms with Gasteiger partial charge in [-0.05, 0) is 48.7 Å². The Labute approximate surface area is 176 Å². The lowest BCUT2D eigenvalue weighted by Crippen LogP contribution is -2.32. The number of aromatic nitrogens is 2. The summed E-state index contributed by atoms with van der Waals surface area (Å²) < 4.78 is 0. The molecule has 1 aromatic carbocycles. The first kappa shape index (κ1) is 21.2. The Hall–Kier alpha value is -3.54. The van der Waals surface area contributed by atoms with Gasteiger partial charge in [0.1, 0.15) is 0 Å². The van der Waals surface area contributed by atoms with Crippen LogP contribution in [-0.4, -0.2) is 38.4 Å². The van der Waals surface area contributed by atoms with Crippen LogP contribution < -0.4 is 0 Å². The molecule has 30 heavy (non-hydrogen) atoms. The molecule has 0 aliphatic heterocycles. The normalized spacial score (nSPS) is 10.6. The molecule has 0 fully saturated rings. The minimum Gasteiger partial charge on any atom is -0.481 e. The minimum atomic E-state index is -0.893. The first-order valence-electron chi connectivity index (χ1n) is 9.89. The van der Waals surface area contributed by atoms with Gasteiger partial charge in [-0.2, -0.15) is 0 Å². The SMILES string of the molecule is CCN(Cc1cc(C)ccc1-c1cncc(CC(=O)O)c1)C(=O)Cc1ccccn1. The maximum atomic E-state index is 12.9. The molecule has 0 atom stereocenters. The highest BCUT2D eigenvalue weighted by molar-refractivity contribution is 5.79. The lowest BCUT2D eigenvalue weighted by Gasteiger charge is -2.23. The van der Waals surface area contributed by atoms with Crippen LogP contribution in [0.1, 0.15) is 29.3 Å². The molecule has 0 aliphatic rings. The summed E-state index contributed by atoms with van der Waals surface area (Å²) in [5.41, 5.74) is 5.28. The van der Waals surface area contributed by atoms with Gasteiger partial charge in [0.15, 0.2) is 0 Å². The maximum absolute atomic E-state index is 12.9. The van der Waals surface area contributed by atoms with E-state index >= 15 is 0 Å². The van der Waals surface area contributed by atoms with Crippen LogP contribution in [-0.2, 0) is 29.0 Å². The molecule has 1 N–H and O–H groups in total. The summed E-state index contributed by atoms with van der Waals surface area (Å²) in [6.45, 7) is 5.01. The number of carboxylic acids is 1. The van der Waals surface area contributed by atoms with E-state index in [1.807, 2.05) is 55.1 Å². The van der Waals surface area contributed by atoms with Gasteiger partial charge in [0, 0.05) is 42.9 Å². The molecule has 0 unspecified atom stereocenters. The number of aryl methyl sites for hydroxylation is 1. The molecule has 2 heterocycles. The lowest BCUT2D eigenvalue weighted by atomic mass is 9.97. The summed E-state index contributed by atoms with van der Waals surface area (Å²) in [5, 5.41) is 9.08. The number of nitrogens with zero attached hydrogens (tertiary/aromatic N) is 3. The van der Waals surface area contributed by atoms with Crippen LogP contribution >= 0.6 is 0 Å². The smallest absolute Gasteiger partial charge is 0.307 e. The Morgan fingerprint density at radius 3 is 2.60 bits per heavy atom. The van der Waals surface area contributed by atoms with Gasteiger partial charge in [0.05, 0.1) is 12.8 Å². The quantitative estimate of drug-likeness (QED) is 0.620. The fourth-order valence-corrected chi connectivity index (χ4v) is 3.39. The topological polar surface area (TPSA) is 83.4 Å². The monoisotopic (exact) mass is 403 g/mol. The maximum Gasteiger partial charge on any atom is 0.307 e. The first-order chi connectivity index (χ1) is 14.5. The third-order valence-corrected chi connectivity index (χ3v) is 4.88. The van der Waals surface area contributed by atoms with E-state index in [0.29, 0.717) is 18.7 Å². The van der Waals surface area contributed by atoms with Crippen molar-refractivity contribution in [3.8, 4) is 11.1 Å². The molecular weight excluding hydrogens is 378 g/mol. The molecule has 0 bridgehead atoms. The molecule has 0 aliphatic carbocycles. The summed E-state index contributed by atoms with van der Waals surface area (Å²) in [6, 6.07) is 13.5. The van der Waals surface area contributed by atoms with E-state index in [9.17, 15) is 9.59 Å². The van der Waals surface area contributed by atoms with Crippen molar-refractivity contribution < 1.29 is 14.7 Å². The Morgan fingerprint density at radius 1 is 1.07 bits per heavy atom. The van der Waals surface area contributed by atoms with Crippen molar-refractivity contribution in [1.82, 2.24) is 14.9 Å². The minimum absolute atomic E-state index is 0.0152. The zero-order chi connectivity index (χ0) is 21.5. The zero-order valence-electron chi connectivity index (χ0n) is 17.2. The molecule has 154 valence electrons. The van der Waals surface area contributed by atoms with Crippen molar-refractivity contribution in [3.63, 3.8) is 0 Å². The van der Waals surface area contributed by atoms with Gasteiger partial charge >= 0.3 is 5.97 Å². The van der Waals surface area contributed by atoms with Crippen molar-refractivity contribution >= 4 is 11.9 Å². The number of aliphatic carboxylic acids is 1. The van der Waals surface area contributed by atoms with Gasteiger partial charge in [0.2, 0.25) is 5.91 Å². The largest absolute Gasteiger partial charge is 0.481 e. The fraction of sp³-hybridized carbons (Fsp3) is 0.250. The van der Waals surface area contributed by atoms with Crippen molar-refractivity contribution in [2.24, 2.45) is 0 Å². The summed E-state index contributed by atoms with van der Waals surface area (Å²) in [6.07, 6.45) is 5.16. The average molecular weight is 403 g/mol. The number of carboxylic acid groups (broad SMARTS) is 1. The number of hydrogen-bond acceptors (Lipinski definition) is 4. The number of rotatable bonds is 8. The molecule has 3 aromatic rings. The van der Waals surface area contributed by atoms with Crippen LogP contribution in [0.2, 0.25) is 0 Å². The molecule has 2 aromatic heterocycles. The fourth-order valence-electron chi connectivity index (χ4n) is 3.39. The Balaban J connectivity index is 1.87. The zero-order valence-corrected chi connectivity index (χ0v) is 17.2. The Kier molecular flexibility index (Phi) is 6.91. The molecule has 6 nitrogen and oxygen atoms in total. The van der Waals surface area contributed by atoms with Crippen LogP contribution in [0.15, 0.2) is 61.1 Å². The average Bonchev–Trinajstić information content (AvgIpc) is 2.72. The number of likely N-dealkylation sites (N-methyl/N-ethyl adjacent to an activating group) is 1. The number of hydrogen-bond donors (Lipinski definition) is 1. The van der Waals surface area contributed by atoms with Crippen molar-refractivity contribution in [2.75, 3.05) is 6.54 Å². The second-order valence-corrected chi connectivity index (χ2v) is 7.22. The van der Waals surface area contributed by atoms with E-state index in [0.717, 1.165) is 27.9 Å². The highest BCUT2D eigenvalue weighted by Gasteiger charge is 2.16. The number of amides is 1. The molecule has 0 saturated heterocycles. The van der Waals surface area contributed by atoms with E-state index in [2.05, 4.69) is 16.0 Å². The van der Waals surface area contributed by atoms with E-state index in [-0.39, 0.29) is 18.7 Å². The van der Waals surface area contributed by atoms with E-state index in [1.54, 1.807) is 18.6 Å². The highest BCUT2D eigenvalue weighted by atomic mass is 16.4. The van der Waals surface area contributed by atoms with E-state index < -0.39 is 5.97 Å². The van der Waals surface area contributed by atoms with Crippen LogP contribution in [0.3, 0.4) is 0 Å². The van der Waals surface area contributed by atoms with Gasteiger partial charge in [-0.3, -0.25) is 19.6 Å². The summed E-state index contributed by atoms with van der Waals surface area (Å²) in [4.78, 5) is 34.2. The van der Waals surface area contributed by atoms with E-state index in [4.69, 9.17) is 5.11 Å². The van der Waals surface area contributed by atoms with Gasteiger partial charge in [-0.25, -0.2) is 0 Å². The van der Waals surface area contributed by atoms with Gasteiger partial charge in [-0.15, -0.1) is 0 Å². The third kappa shape index (κ3) is 5.50. The first-order valence-corrected chi connectivity index (χ1v) is 9.89. The predicted octanol–water partition coefficient (Wildman–Crippen LogP) is 3.67. The number of carbonyl (C=O) groups is 2. The van der Waals surface area contributed by atoms with Crippen LogP contribution in [0.4, 0.5) is 0 Å². The highest BCUT2D eigenvalue weighted by Crippen LogP contribution is 2.26. The number of pyridine rings is 2. The standard InChI is InChI=1S/C24H25N3O3/c1-3-27(23(28)13-21-6-4-5-9-26-21)16-20-10-17(2)7-8-22(20)19-11-18(12-24(29)30)14-25-15-19/h4-11,14-15H,3,12-13,16H2,1-2H3,(H,29,30). The molecule has 0 radical (unpaired) electrons. The van der Waals surface area contributed by atoms with Gasteiger partial charge in [-0.1, -0.05) is 29.8 Å². The Morgan fingerprint density at radius 2 is 1.90 bits per heavy atom. The van der Waals surface area contributed by atoms with Crippen LogP contribution in [0.25, 0.3) is 11.1 Å². The van der Waals surface area contributed by atoms with Gasteiger partial charge < -0.3 is 10.0 Å². The van der Waals surface area contributed by atoms with Crippen molar-refractivity contribution in [1.29, 1.82) is 0 Å². The molecule has 1 amide bonds. The number of benzene rings is 1. The summed E-state index contributed by atoms with van der Waals surface area (Å²) >= 11 is 0. The second kappa shape index (κ2) is 9.78. The van der Waals surface area contributed by atoms with Crippen molar-refractivity contribution in [2.45, 2.75) is 33.2 Å². The number of carbonyl (C=O) groups excluding carboxylic acids is 1. The Bertz CT molecular complexity index is 1030. The summed E-state index contributed by atoms with van der Waals surface area (Å²) in [5.74, 6) is -0.878. The lowest BCUT2D eigenvalue weighted by molar-refractivity contribution is -0.136. The summed E-state index contributed by atoms with van der Waals surface area (Å²) in [7, 11) is 0. The molecule has 0 saturated carbocycles. The molecule has 0 spiro atoms. The molecule has 6 heteroatoms. The molecule has 3 rings (SSSR count). The predicted molar refractivity (Wildman–Crippen MR) is 115 cm³/mol. The van der Waals surface area contributed by atoms with Gasteiger partial charge in [0.25, 0.3) is 0 Å². The molecular formula is C24H25N3O3. The van der Waals surface area contributed by atoms with Crippen LogP contribution in [0.5, 0.6) is 0 Å². The van der Waals surface area contributed by atoms with Crippen LogP contribution in [0, 0.1) is 6.92 Å². The third-order valence-electron chi connectivity index (χ3n) is 4.88.